The van der Waals surface area contributed by atoms with E-state index in [4.69, 9.17) is 20.3 Å². The molecular formula is C11H17NO3. The van der Waals surface area contributed by atoms with Gasteiger partial charge in [-0.25, -0.2) is 0 Å². The molecule has 0 fully saturated rings. The number of hydrogen-bond acceptors (Lipinski definition) is 4. The van der Waals surface area contributed by atoms with Gasteiger partial charge in [-0.1, -0.05) is 6.07 Å². The van der Waals surface area contributed by atoms with E-state index in [1.807, 2.05) is 12.1 Å². The Bertz CT molecular complexity index is 302. The number of aliphatic hydroxyl groups excluding tert-OH is 1. The van der Waals surface area contributed by atoms with Crippen LogP contribution in [-0.2, 0) is 6.54 Å². The third-order valence-corrected chi connectivity index (χ3v) is 2.05. The van der Waals surface area contributed by atoms with E-state index in [9.17, 15) is 0 Å². The van der Waals surface area contributed by atoms with Gasteiger partial charge in [-0.05, 0) is 6.07 Å². The molecule has 0 unspecified atom stereocenters. The zero-order chi connectivity index (χ0) is 11.1. The van der Waals surface area contributed by atoms with Gasteiger partial charge in [0.05, 0.1) is 13.7 Å². The van der Waals surface area contributed by atoms with Gasteiger partial charge in [-0.15, -0.1) is 0 Å². The summed E-state index contributed by atoms with van der Waals surface area (Å²) < 4.78 is 10.6. The molecule has 0 aliphatic carbocycles. The van der Waals surface area contributed by atoms with Crippen molar-refractivity contribution in [2.45, 2.75) is 13.0 Å². The molecule has 1 rings (SSSR count). The molecule has 1 aromatic rings. The molecule has 0 saturated carbocycles. The molecule has 0 aliphatic heterocycles. The van der Waals surface area contributed by atoms with Crippen molar-refractivity contribution in [3.05, 3.63) is 23.8 Å². The highest BCUT2D eigenvalue weighted by Gasteiger charge is 2.03. The van der Waals surface area contributed by atoms with Crippen LogP contribution < -0.4 is 15.2 Å². The fourth-order valence-corrected chi connectivity index (χ4v) is 1.21. The molecule has 0 amide bonds. The van der Waals surface area contributed by atoms with Gasteiger partial charge in [0.1, 0.15) is 11.5 Å². The van der Waals surface area contributed by atoms with E-state index in [2.05, 4.69) is 0 Å². The van der Waals surface area contributed by atoms with E-state index in [1.165, 1.54) is 0 Å². The third kappa shape index (κ3) is 3.42. The van der Waals surface area contributed by atoms with Crippen LogP contribution in [0.4, 0.5) is 0 Å². The minimum absolute atomic E-state index is 0.127. The summed E-state index contributed by atoms with van der Waals surface area (Å²) in [5, 5.41) is 8.64. The van der Waals surface area contributed by atoms with Gasteiger partial charge in [-0.3, -0.25) is 0 Å². The van der Waals surface area contributed by atoms with Crippen molar-refractivity contribution in [1.29, 1.82) is 0 Å². The maximum absolute atomic E-state index is 8.64. The molecule has 0 spiro atoms. The second-order valence-electron chi connectivity index (χ2n) is 3.10. The summed E-state index contributed by atoms with van der Waals surface area (Å²) in [6.07, 6.45) is 0.612. The minimum Gasteiger partial charge on any atom is -0.497 e. The maximum Gasteiger partial charge on any atom is 0.127 e. The molecule has 0 radical (unpaired) electrons. The Morgan fingerprint density at radius 3 is 2.80 bits per heavy atom. The highest BCUT2D eigenvalue weighted by Crippen LogP contribution is 2.24. The Morgan fingerprint density at radius 2 is 2.20 bits per heavy atom. The van der Waals surface area contributed by atoms with Crippen LogP contribution in [0.25, 0.3) is 0 Å². The molecule has 0 bridgehead atoms. The SMILES string of the molecule is COc1ccc(CN)c(OCCCO)c1. The lowest BCUT2D eigenvalue weighted by atomic mass is 10.2. The highest BCUT2D eigenvalue weighted by atomic mass is 16.5. The van der Waals surface area contributed by atoms with Crippen molar-refractivity contribution < 1.29 is 14.6 Å². The molecule has 84 valence electrons. The van der Waals surface area contributed by atoms with Crippen LogP contribution in [0.2, 0.25) is 0 Å². The lowest BCUT2D eigenvalue weighted by molar-refractivity contribution is 0.232. The van der Waals surface area contributed by atoms with Crippen LogP contribution in [0.5, 0.6) is 11.5 Å². The Kier molecular flexibility index (Phi) is 4.93. The quantitative estimate of drug-likeness (QED) is 0.687. The number of aliphatic hydroxyl groups is 1. The van der Waals surface area contributed by atoms with Crippen LogP contribution in [0.15, 0.2) is 18.2 Å². The predicted molar refractivity (Wildman–Crippen MR) is 58.1 cm³/mol. The lowest BCUT2D eigenvalue weighted by Gasteiger charge is -2.11. The molecule has 1 aromatic carbocycles. The second kappa shape index (κ2) is 6.27. The first-order valence-corrected chi connectivity index (χ1v) is 4.92. The van der Waals surface area contributed by atoms with Crippen molar-refractivity contribution in [3.63, 3.8) is 0 Å². The highest BCUT2D eigenvalue weighted by molar-refractivity contribution is 5.40. The average molecular weight is 211 g/mol. The second-order valence-corrected chi connectivity index (χ2v) is 3.10. The van der Waals surface area contributed by atoms with Gasteiger partial charge in [0, 0.05) is 31.2 Å². The number of benzene rings is 1. The van der Waals surface area contributed by atoms with Crippen LogP contribution >= 0.6 is 0 Å². The molecule has 3 N–H and O–H groups in total. The van der Waals surface area contributed by atoms with Crippen molar-refractivity contribution >= 4 is 0 Å². The van der Waals surface area contributed by atoms with Crippen LogP contribution in [0.1, 0.15) is 12.0 Å². The van der Waals surface area contributed by atoms with Crippen molar-refractivity contribution in [2.75, 3.05) is 20.3 Å². The normalized spacial score (nSPS) is 10.1. The number of nitrogens with two attached hydrogens (primary N) is 1. The molecule has 0 atom stereocenters. The molecule has 4 nitrogen and oxygen atoms in total. The van der Waals surface area contributed by atoms with Gasteiger partial charge < -0.3 is 20.3 Å². The van der Waals surface area contributed by atoms with Crippen molar-refractivity contribution in [2.24, 2.45) is 5.73 Å². The van der Waals surface area contributed by atoms with E-state index >= 15 is 0 Å². The fourth-order valence-electron chi connectivity index (χ4n) is 1.21. The summed E-state index contributed by atoms with van der Waals surface area (Å²) in [4.78, 5) is 0. The predicted octanol–water partition coefficient (Wildman–Crippen LogP) is 0.915. The molecule has 0 heterocycles. The van der Waals surface area contributed by atoms with Gasteiger partial charge >= 0.3 is 0 Å². The Morgan fingerprint density at radius 1 is 1.40 bits per heavy atom. The lowest BCUT2D eigenvalue weighted by Crippen LogP contribution is -2.05. The van der Waals surface area contributed by atoms with Crippen LogP contribution in [0, 0.1) is 0 Å². The van der Waals surface area contributed by atoms with E-state index in [0.717, 1.165) is 17.1 Å². The van der Waals surface area contributed by atoms with Gasteiger partial charge in [0.25, 0.3) is 0 Å². The number of methoxy groups -OCH3 is 1. The first-order chi connectivity index (χ1) is 7.31. The Balaban J connectivity index is 2.72. The smallest absolute Gasteiger partial charge is 0.127 e. The Labute approximate surface area is 89.6 Å². The summed E-state index contributed by atoms with van der Waals surface area (Å²) >= 11 is 0. The minimum atomic E-state index is 0.127. The Hall–Kier alpha value is -1.26. The zero-order valence-corrected chi connectivity index (χ0v) is 8.90. The summed E-state index contributed by atoms with van der Waals surface area (Å²) in [6, 6.07) is 5.54. The van der Waals surface area contributed by atoms with Gasteiger partial charge in [-0.2, -0.15) is 0 Å². The number of rotatable bonds is 6. The largest absolute Gasteiger partial charge is 0.497 e. The maximum atomic E-state index is 8.64. The molecule has 0 aliphatic rings. The fraction of sp³-hybridized carbons (Fsp3) is 0.455. The third-order valence-electron chi connectivity index (χ3n) is 2.05. The number of ether oxygens (including phenoxy) is 2. The summed E-state index contributed by atoms with van der Waals surface area (Å²) in [6.45, 7) is 1.04. The van der Waals surface area contributed by atoms with Crippen molar-refractivity contribution in [3.8, 4) is 11.5 Å². The average Bonchev–Trinajstić information content (AvgIpc) is 2.29. The zero-order valence-electron chi connectivity index (χ0n) is 8.90. The van der Waals surface area contributed by atoms with E-state index in [0.29, 0.717) is 19.6 Å². The molecule has 15 heavy (non-hydrogen) atoms. The monoisotopic (exact) mass is 211 g/mol. The van der Waals surface area contributed by atoms with E-state index < -0.39 is 0 Å². The molecular weight excluding hydrogens is 194 g/mol. The first kappa shape index (κ1) is 11.8. The van der Waals surface area contributed by atoms with Gasteiger partial charge in [0.15, 0.2) is 0 Å². The number of hydrogen-bond donors (Lipinski definition) is 2. The van der Waals surface area contributed by atoms with Gasteiger partial charge in [0.2, 0.25) is 0 Å². The topological polar surface area (TPSA) is 64.7 Å². The first-order valence-electron chi connectivity index (χ1n) is 4.92. The van der Waals surface area contributed by atoms with Crippen molar-refractivity contribution in [1.82, 2.24) is 0 Å². The summed E-state index contributed by atoms with van der Waals surface area (Å²) in [5.41, 5.74) is 6.51. The van der Waals surface area contributed by atoms with E-state index in [1.54, 1.807) is 13.2 Å². The summed E-state index contributed by atoms with van der Waals surface area (Å²) in [5.74, 6) is 1.47. The summed E-state index contributed by atoms with van der Waals surface area (Å²) in [7, 11) is 1.61. The standard InChI is InChI=1S/C11H17NO3/c1-14-10-4-3-9(8-12)11(7-10)15-6-2-5-13/h3-4,7,13H,2,5-6,8,12H2,1H3. The molecule has 0 aromatic heterocycles. The molecule has 0 saturated heterocycles. The van der Waals surface area contributed by atoms with E-state index in [-0.39, 0.29) is 6.61 Å². The molecule has 4 heteroatoms. The van der Waals surface area contributed by atoms with Crippen LogP contribution in [0.3, 0.4) is 0 Å². The van der Waals surface area contributed by atoms with Crippen LogP contribution in [-0.4, -0.2) is 25.4 Å².